The highest BCUT2D eigenvalue weighted by Crippen LogP contribution is 2.50. The maximum absolute atomic E-state index is 15.5. The van der Waals surface area contributed by atoms with Crippen LogP contribution in [0.5, 0.6) is 0 Å². The Labute approximate surface area is 739 Å². The van der Waals surface area contributed by atoms with E-state index in [1.54, 1.807) is 0 Å². The molecule has 0 bridgehead atoms. The summed E-state index contributed by atoms with van der Waals surface area (Å²) in [5.74, 6) is 0. The van der Waals surface area contributed by atoms with Gasteiger partial charge in [0.1, 0.15) is 0 Å². The molecule has 0 saturated carbocycles. The summed E-state index contributed by atoms with van der Waals surface area (Å²) in [5.41, 5.74) is 16.1. The number of fused-ring (bicyclic) bond motifs is 14. The van der Waals surface area contributed by atoms with Crippen LogP contribution in [-0.2, 0) is 13.7 Å². The van der Waals surface area contributed by atoms with Crippen LogP contribution in [0, 0.1) is 0 Å². The van der Waals surface area contributed by atoms with Crippen molar-refractivity contribution in [2.45, 2.75) is 0 Å². The predicted molar refractivity (Wildman–Crippen MR) is 539 cm³/mol. The molecule has 0 radical (unpaired) electrons. The van der Waals surface area contributed by atoms with Crippen LogP contribution >= 0.6 is 21.4 Å². The highest BCUT2D eigenvalue weighted by Gasteiger charge is 2.34. The first-order valence-electron chi connectivity index (χ1n) is 42.8. The van der Waals surface area contributed by atoms with Gasteiger partial charge in [0, 0.05) is 113 Å². The third-order valence-corrected chi connectivity index (χ3v) is 33.7. The fourth-order valence-corrected chi connectivity index (χ4v) is 26.4. The van der Waals surface area contributed by atoms with E-state index < -0.39 is 21.4 Å². The molecule has 24 aromatic rings. The third-order valence-electron chi connectivity index (χ3n) is 24.5. The molecule has 0 unspecified atom stereocenters. The van der Waals surface area contributed by atoms with Crippen molar-refractivity contribution in [1.82, 2.24) is 29.9 Å². The van der Waals surface area contributed by atoms with Gasteiger partial charge in [-0.15, -0.1) is 0 Å². The van der Waals surface area contributed by atoms with Crippen LogP contribution in [-0.4, -0.2) is 29.9 Å². The fourth-order valence-electron chi connectivity index (χ4n) is 18.4. The van der Waals surface area contributed by atoms with Crippen molar-refractivity contribution in [3.63, 3.8) is 0 Å². The molecule has 604 valence electrons. The van der Waals surface area contributed by atoms with Gasteiger partial charge in [-0.05, 0) is 99.4 Å². The maximum atomic E-state index is 15.5. The largest absolute Gasteiger partial charge is 0.309 e. The van der Waals surface area contributed by atoms with Crippen molar-refractivity contribution in [2.24, 2.45) is 0 Å². The monoisotopic (exact) mass is 1690 g/mol. The molecular formula is C116H77N6O3P3. The van der Waals surface area contributed by atoms with E-state index in [0.29, 0.717) is 0 Å². The van der Waals surface area contributed by atoms with Crippen molar-refractivity contribution < 1.29 is 13.7 Å². The topological polar surface area (TPSA) is 129 Å². The minimum absolute atomic E-state index is 0.782. The fraction of sp³-hybridized carbons (Fsp3) is 0. The number of hydrogen-bond acceptors (Lipinski definition) is 9. The first kappa shape index (κ1) is 78.4. The van der Waals surface area contributed by atoms with E-state index in [4.69, 9.17) is 29.9 Å². The Bertz CT molecular complexity index is 8430. The zero-order chi connectivity index (χ0) is 85.7. The Morgan fingerprint density at radius 2 is 0.391 bits per heavy atom. The first-order valence-corrected chi connectivity index (χ1v) is 47.9. The van der Waals surface area contributed by atoms with E-state index in [2.05, 4.69) is 152 Å². The number of hydrogen-bond donors (Lipinski definition) is 0. The van der Waals surface area contributed by atoms with Crippen molar-refractivity contribution in [1.29, 1.82) is 0 Å². The molecule has 0 atom stereocenters. The molecule has 0 aliphatic carbocycles. The Balaban J connectivity index is 0.000000115. The van der Waals surface area contributed by atoms with Crippen LogP contribution in [0.2, 0.25) is 0 Å². The van der Waals surface area contributed by atoms with Gasteiger partial charge in [-0.25, -0.2) is 29.9 Å². The molecule has 12 heteroatoms. The zero-order valence-electron chi connectivity index (χ0n) is 69.2. The maximum Gasteiger partial charge on any atom is 0.171 e. The highest BCUT2D eigenvalue weighted by atomic mass is 31.2. The average molecular weight is 1700 g/mol. The van der Waals surface area contributed by atoms with Gasteiger partial charge in [-0.1, -0.05) is 400 Å². The van der Waals surface area contributed by atoms with Gasteiger partial charge >= 0.3 is 0 Å². The van der Waals surface area contributed by atoms with Gasteiger partial charge in [0.05, 0.1) is 66.7 Å². The Morgan fingerprint density at radius 1 is 0.148 bits per heavy atom. The average Bonchev–Trinajstić information content (AvgIpc) is 0.717. The number of aromatic nitrogens is 6. The van der Waals surface area contributed by atoms with Crippen LogP contribution in [0.4, 0.5) is 0 Å². The molecule has 18 aromatic carbocycles. The lowest BCUT2D eigenvalue weighted by molar-refractivity contribution is 0.591. The van der Waals surface area contributed by atoms with Gasteiger partial charge < -0.3 is 13.7 Å². The molecule has 0 fully saturated rings. The molecule has 6 heterocycles. The summed E-state index contributed by atoms with van der Waals surface area (Å²) >= 11 is 0. The molecule has 0 aliphatic rings. The SMILES string of the molecule is O=P(c1ccccc1)(c1ccccc1)c1ccc(-c2nc3ccccc3c3nc4ccccc4cc23)cc1.O=P(c1ccccc1)(c1ccccc1)c1cccc(-c2c3ccccc3c(-c3nc4ccccc4c4nc5ccccc5cc34)c3ccccc23)c1.O=P(c1ccccc1)(c1ccccc1)c1cccc(-c2nc3ccccc3c3nc4ccccc4cc23)c1. The van der Waals surface area contributed by atoms with Gasteiger partial charge in [0.25, 0.3) is 0 Å². The molecule has 0 saturated heterocycles. The van der Waals surface area contributed by atoms with Crippen molar-refractivity contribution in [3.8, 4) is 44.9 Å². The summed E-state index contributed by atoms with van der Waals surface area (Å²) in [7, 11) is -9.35. The minimum atomic E-state index is -3.19. The standard InChI is InChI=1S/C48H31N2OP.2C34H23N2OP/c51-52(34-18-3-1-4-19-34,35-20-5-2-6-21-35)36-22-15-17-33(30-36)45-37-23-8-10-25-39(37)46(40-26-11-9-24-38(40)45)48-42-31-32-16-7-13-28-43(32)49-47(42)41-27-12-14-29-44(41)50-48;37-38(26-14-3-1-4-15-26,27-16-5-2-6-17-27)28-18-11-13-25(22-28)33-30-23-24-12-7-9-20-31(24)35-34(30)29-19-8-10-21-32(29)36-33;37-38(26-12-3-1-4-13-26,27-14-5-2-6-15-27)28-21-19-24(20-22-28)33-30-23-25-11-7-9-17-31(25)35-34(30)29-16-8-10-18-32(29)36-33/h1-31H;2*1-23H. The predicted octanol–water partition coefficient (Wildman–Crippen LogP) is 25.7. The summed E-state index contributed by atoms with van der Waals surface area (Å²) in [4.78, 5) is 31.0. The highest BCUT2D eigenvalue weighted by molar-refractivity contribution is 7.86. The van der Waals surface area contributed by atoms with Crippen molar-refractivity contribution >= 4 is 189 Å². The molecule has 0 amide bonds. The van der Waals surface area contributed by atoms with E-state index in [0.717, 1.165) is 212 Å². The molecule has 0 spiro atoms. The number of para-hydroxylation sites is 6. The van der Waals surface area contributed by atoms with Gasteiger partial charge in [0.2, 0.25) is 0 Å². The van der Waals surface area contributed by atoms with Crippen LogP contribution in [0.15, 0.2) is 467 Å². The second-order valence-electron chi connectivity index (χ2n) is 32.0. The van der Waals surface area contributed by atoms with E-state index in [-0.39, 0.29) is 0 Å². The van der Waals surface area contributed by atoms with Crippen molar-refractivity contribution in [2.75, 3.05) is 0 Å². The number of rotatable bonds is 13. The van der Waals surface area contributed by atoms with Crippen LogP contribution in [0.1, 0.15) is 0 Å². The molecule has 6 aromatic heterocycles. The minimum Gasteiger partial charge on any atom is -0.309 e. The Kier molecular flexibility index (Phi) is 20.3. The van der Waals surface area contributed by atoms with E-state index >= 15 is 9.13 Å². The van der Waals surface area contributed by atoms with Crippen LogP contribution in [0.3, 0.4) is 0 Å². The summed E-state index contributed by atoms with van der Waals surface area (Å²) < 4.78 is 45.3. The zero-order valence-corrected chi connectivity index (χ0v) is 71.9. The normalized spacial score (nSPS) is 11.8. The number of nitrogens with zero attached hydrogens (tertiary/aromatic N) is 6. The molecule has 0 N–H and O–H groups in total. The Morgan fingerprint density at radius 3 is 0.742 bits per heavy atom. The second kappa shape index (κ2) is 33.1. The molecule has 128 heavy (non-hydrogen) atoms. The van der Waals surface area contributed by atoms with E-state index in [9.17, 15) is 4.57 Å². The smallest absolute Gasteiger partial charge is 0.171 e. The molecule has 9 nitrogen and oxygen atoms in total. The van der Waals surface area contributed by atoms with Gasteiger partial charge in [-0.2, -0.15) is 0 Å². The molecule has 24 rings (SSSR count). The summed E-state index contributed by atoms with van der Waals surface area (Å²) in [6.07, 6.45) is 0. The van der Waals surface area contributed by atoms with Gasteiger partial charge in [0.15, 0.2) is 21.4 Å². The van der Waals surface area contributed by atoms with Crippen LogP contribution in [0.25, 0.3) is 165 Å². The first-order chi connectivity index (χ1) is 63.1. The van der Waals surface area contributed by atoms with Gasteiger partial charge in [-0.3, -0.25) is 0 Å². The summed E-state index contributed by atoms with van der Waals surface area (Å²) in [5, 5.41) is 21.0. The third kappa shape index (κ3) is 13.9. The molecular weight excluding hydrogens is 1620 g/mol. The second-order valence-corrected chi connectivity index (χ2v) is 40.3. The van der Waals surface area contributed by atoms with Crippen LogP contribution < -0.4 is 47.7 Å². The van der Waals surface area contributed by atoms with E-state index in [1.807, 2.05) is 315 Å². The quantitative estimate of drug-likeness (QED) is 0.0629. The lowest BCUT2D eigenvalue weighted by Gasteiger charge is -2.22. The van der Waals surface area contributed by atoms with Crippen molar-refractivity contribution in [3.05, 3.63) is 467 Å². The lowest BCUT2D eigenvalue weighted by atomic mass is 9.86. The Hall–Kier alpha value is -15.6. The summed E-state index contributed by atoms with van der Waals surface area (Å²) in [6, 6.07) is 156. The molecule has 0 aliphatic heterocycles. The number of benzene rings is 18. The lowest BCUT2D eigenvalue weighted by Crippen LogP contribution is -2.25. The van der Waals surface area contributed by atoms with E-state index in [1.165, 1.54) is 0 Å². The summed E-state index contributed by atoms with van der Waals surface area (Å²) in [6.45, 7) is 0. The number of pyridine rings is 6.